The normalized spacial score (nSPS) is 16.5. The molecule has 3 atom stereocenters. The summed E-state index contributed by atoms with van der Waals surface area (Å²) in [5, 5.41) is 0.534. The topological polar surface area (TPSA) is 26.0 Å². The smallest absolute Gasteiger partial charge is 0.0415 e. The lowest BCUT2D eigenvalue weighted by molar-refractivity contribution is 0.622. The molecule has 0 aromatic heterocycles. The molecule has 0 radical (unpaired) electrons. The summed E-state index contributed by atoms with van der Waals surface area (Å²) in [7, 11) is 0. The van der Waals surface area contributed by atoms with Gasteiger partial charge in [-0.25, -0.2) is 0 Å². The fourth-order valence-electron chi connectivity index (χ4n) is 1.77. The molecule has 96 valence electrons. The molecule has 2 heteroatoms. The predicted molar refractivity (Wildman–Crippen MR) is 79.4 cm³/mol. The van der Waals surface area contributed by atoms with E-state index in [9.17, 15) is 0 Å². The van der Waals surface area contributed by atoms with Gasteiger partial charge in [0.1, 0.15) is 0 Å². The summed E-state index contributed by atoms with van der Waals surface area (Å²) in [5.74, 6) is 2.01. The minimum Gasteiger partial charge on any atom is -0.323 e. The van der Waals surface area contributed by atoms with Crippen LogP contribution in [0.1, 0.15) is 45.2 Å². The van der Waals surface area contributed by atoms with Crippen molar-refractivity contribution in [3.05, 3.63) is 35.9 Å². The van der Waals surface area contributed by atoms with E-state index in [-0.39, 0.29) is 6.04 Å². The molecule has 0 spiro atoms. The molecule has 1 rings (SSSR count). The van der Waals surface area contributed by atoms with Gasteiger partial charge < -0.3 is 5.73 Å². The lowest BCUT2D eigenvalue weighted by Crippen LogP contribution is -2.24. The number of rotatable bonds is 7. The summed E-state index contributed by atoms with van der Waals surface area (Å²) in [4.78, 5) is 0. The molecule has 0 aliphatic heterocycles. The molecular weight excluding hydrogens is 226 g/mol. The molecule has 0 heterocycles. The van der Waals surface area contributed by atoms with Crippen LogP contribution in [-0.4, -0.2) is 11.0 Å². The summed E-state index contributed by atoms with van der Waals surface area (Å²) in [6.45, 7) is 6.80. The van der Waals surface area contributed by atoms with Crippen molar-refractivity contribution >= 4 is 11.8 Å². The van der Waals surface area contributed by atoms with E-state index in [1.807, 2.05) is 17.8 Å². The second-order valence-corrected chi connectivity index (χ2v) is 6.00. The first-order valence-corrected chi connectivity index (χ1v) is 7.66. The highest BCUT2D eigenvalue weighted by molar-refractivity contribution is 7.99. The van der Waals surface area contributed by atoms with E-state index >= 15 is 0 Å². The Balaban J connectivity index is 2.55. The Kier molecular flexibility index (Phi) is 6.68. The quantitative estimate of drug-likeness (QED) is 0.784. The van der Waals surface area contributed by atoms with Crippen LogP contribution in [0.15, 0.2) is 30.3 Å². The molecule has 2 N–H and O–H groups in total. The Morgan fingerprint density at radius 3 is 2.29 bits per heavy atom. The second-order valence-electron chi connectivity index (χ2n) is 4.73. The van der Waals surface area contributed by atoms with E-state index in [0.717, 1.165) is 12.3 Å². The molecule has 1 aromatic rings. The first kappa shape index (κ1) is 14.6. The zero-order chi connectivity index (χ0) is 12.7. The van der Waals surface area contributed by atoms with Crippen molar-refractivity contribution in [1.29, 1.82) is 0 Å². The van der Waals surface area contributed by atoms with Crippen LogP contribution in [0.2, 0.25) is 0 Å². The summed E-state index contributed by atoms with van der Waals surface area (Å²) in [6, 6.07) is 10.6. The Morgan fingerprint density at radius 1 is 1.12 bits per heavy atom. The van der Waals surface area contributed by atoms with E-state index in [1.165, 1.54) is 17.7 Å². The number of nitrogens with two attached hydrogens (primary N) is 1. The van der Waals surface area contributed by atoms with Gasteiger partial charge in [-0.1, -0.05) is 57.5 Å². The summed E-state index contributed by atoms with van der Waals surface area (Å²) in [5.41, 5.74) is 7.62. The predicted octanol–water partition coefficient (Wildman–Crippen LogP) is 4.24. The van der Waals surface area contributed by atoms with Crippen LogP contribution in [0.4, 0.5) is 0 Å². The zero-order valence-electron chi connectivity index (χ0n) is 11.2. The minimum absolute atomic E-state index is 0.162. The lowest BCUT2D eigenvalue weighted by atomic mass is 10.0. The largest absolute Gasteiger partial charge is 0.323 e. The summed E-state index contributed by atoms with van der Waals surface area (Å²) >= 11 is 2.03. The Bertz CT molecular complexity index is 299. The van der Waals surface area contributed by atoms with Crippen LogP contribution in [0.25, 0.3) is 0 Å². The van der Waals surface area contributed by atoms with Crippen LogP contribution in [0.5, 0.6) is 0 Å². The van der Waals surface area contributed by atoms with Crippen molar-refractivity contribution < 1.29 is 0 Å². The van der Waals surface area contributed by atoms with Gasteiger partial charge in [-0.3, -0.25) is 0 Å². The van der Waals surface area contributed by atoms with Crippen molar-refractivity contribution in [1.82, 2.24) is 0 Å². The molecule has 0 amide bonds. The zero-order valence-corrected chi connectivity index (χ0v) is 12.0. The highest BCUT2D eigenvalue weighted by atomic mass is 32.2. The van der Waals surface area contributed by atoms with Crippen LogP contribution in [0.3, 0.4) is 0 Å². The first-order chi connectivity index (χ1) is 8.19. The molecule has 3 unspecified atom stereocenters. The SMILES string of the molecule is CCC(C)CSC(CC)C(N)c1ccccc1. The van der Waals surface area contributed by atoms with E-state index in [0.29, 0.717) is 5.25 Å². The molecule has 0 aliphatic rings. The van der Waals surface area contributed by atoms with Crippen LogP contribution < -0.4 is 5.73 Å². The van der Waals surface area contributed by atoms with Gasteiger partial charge in [0.2, 0.25) is 0 Å². The molecule has 0 fully saturated rings. The Hall–Kier alpha value is -0.470. The lowest BCUT2D eigenvalue weighted by Gasteiger charge is -2.23. The van der Waals surface area contributed by atoms with Gasteiger partial charge in [-0.05, 0) is 23.7 Å². The third-order valence-corrected chi connectivity index (χ3v) is 5.10. The van der Waals surface area contributed by atoms with Gasteiger partial charge in [0.15, 0.2) is 0 Å². The third-order valence-electron chi connectivity index (χ3n) is 3.28. The van der Waals surface area contributed by atoms with Crippen molar-refractivity contribution in [2.24, 2.45) is 11.7 Å². The Morgan fingerprint density at radius 2 is 1.76 bits per heavy atom. The van der Waals surface area contributed by atoms with Gasteiger partial charge >= 0.3 is 0 Å². The summed E-state index contributed by atoms with van der Waals surface area (Å²) in [6.07, 6.45) is 2.39. The van der Waals surface area contributed by atoms with Gasteiger partial charge in [0.25, 0.3) is 0 Å². The molecule has 1 aromatic carbocycles. The fourth-order valence-corrected chi connectivity index (χ4v) is 3.18. The Labute approximate surface area is 110 Å². The van der Waals surface area contributed by atoms with Crippen molar-refractivity contribution in [2.75, 3.05) is 5.75 Å². The van der Waals surface area contributed by atoms with Gasteiger partial charge in [0.05, 0.1) is 0 Å². The number of hydrogen-bond donors (Lipinski definition) is 1. The molecule has 0 bridgehead atoms. The minimum atomic E-state index is 0.162. The fraction of sp³-hybridized carbons (Fsp3) is 0.600. The van der Waals surface area contributed by atoms with Crippen molar-refractivity contribution in [3.63, 3.8) is 0 Å². The highest BCUT2D eigenvalue weighted by Crippen LogP contribution is 2.29. The summed E-state index contributed by atoms with van der Waals surface area (Å²) < 4.78 is 0. The molecule has 17 heavy (non-hydrogen) atoms. The molecular formula is C15H25NS. The highest BCUT2D eigenvalue weighted by Gasteiger charge is 2.18. The van der Waals surface area contributed by atoms with Crippen LogP contribution in [-0.2, 0) is 0 Å². The molecule has 0 aliphatic carbocycles. The number of benzene rings is 1. The maximum Gasteiger partial charge on any atom is 0.0415 e. The average molecular weight is 251 g/mol. The maximum atomic E-state index is 6.36. The standard InChI is InChI=1S/C15H25NS/c1-4-12(3)11-17-14(5-2)15(16)13-9-7-6-8-10-13/h6-10,12,14-15H,4-5,11,16H2,1-3H3. The second kappa shape index (κ2) is 7.78. The molecule has 0 saturated heterocycles. The van der Waals surface area contributed by atoms with Crippen LogP contribution >= 0.6 is 11.8 Å². The van der Waals surface area contributed by atoms with Gasteiger partial charge in [-0.2, -0.15) is 11.8 Å². The van der Waals surface area contributed by atoms with E-state index in [4.69, 9.17) is 5.73 Å². The third kappa shape index (κ3) is 4.72. The van der Waals surface area contributed by atoms with Crippen molar-refractivity contribution in [2.45, 2.75) is 44.9 Å². The van der Waals surface area contributed by atoms with Crippen molar-refractivity contribution in [3.8, 4) is 0 Å². The average Bonchev–Trinajstić information content (AvgIpc) is 2.39. The van der Waals surface area contributed by atoms with E-state index in [2.05, 4.69) is 45.0 Å². The number of thioether (sulfide) groups is 1. The monoisotopic (exact) mass is 251 g/mol. The van der Waals surface area contributed by atoms with Gasteiger partial charge in [0, 0.05) is 11.3 Å². The molecule has 1 nitrogen and oxygen atoms in total. The number of hydrogen-bond acceptors (Lipinski definition) is 2. The first-order valence-electron chi connectivity index (χ1n) is 6.61. The van der Waals surface area contributed by atoms with Gasteiger partial charge in [-0.15, -0.1) is 0 Å². The maximum absolute atomic E-state index is 6.36. The van der Waals surface area contributed by atoms with E-state index < -0.39 is 0 Å². The van der Waals surface area contributed by atoms with Crippen LogP contribution in [0, 0.1) is 5.92 Å². The van der Waals surface area contributed by atoms with E-state index in [1.54, 1.807) is 0 Å². The molecule has 0 saturated carbocycles.